The highest BCUT2D eigenvalue weighted by Gasteiger charge is 2.25. The molecule has 1 heterocycles. The molecular formula is C11H10FN3O. The number of hydrogen-bond acceptors (Lipinski definition) is 2. The number of benzene rings is 1. The Bertz CT molecular complexity index is 559. The standard InChI is InChI=1S/C11H10FN3O/c12-8-3-1-2-7-9(8)14-15-10(7)11(16)13-6-4-5-6/h1-3,6H,4-5H2,(H,13,16)(H,14,15). The van der Waals surface area contributed by atoms with Crippen LogP contribution in [0.1, 0.15) is 23.3 Å². The number of para-hydroxylation sites is 1. The van der Waals surface area contributed by atoms with Gasteiger partial charge in [0.1, 0.15) is 11.2 Å². The summed E-state index contributed by atoms with van der Waals surface area (Å²) >= 11 is 0. The minimum absolute atomic E-state index is 0.212. The Morgan fingerprint density at radius 2 is 2.31 bits per heavy atom. The summed E-state index contributed by atoms with van der Waals surface area (Å²) in [6.07, 6.45) is 2.04. The fourth-order valence-electron chi connectivity index (χ4n) is 1.66. The van der Waals surface area contributed by atoms with Crippen molar-refractivity contribution in [3.63, 3.8) is 0 Å². The molecule has 0 atom stereocenters. The number of nitrogens with zero attached hydrogens (tertiary/aromatic N) is 1. The molecule has 0 spiro atoms. The highest BCUT2D eigenvalue weighted by atomic mass is 19.1. The zero-order valence-corrected chi connectivity index (χ0v) is 8.46. The number of carbonyl (C=O) groups is 1. The first-order valence-electron chi connectivity index (χ1n) is 5.19. The lowest BCUT2D eigenvalue weighted by Crippen LogP contribution is -2.25. The van der Waals surface area contributed by atoms with Gasteiger partial charge in [0.05, 0.1) is 0 Å². The highest BCUT2D eigenvalue weighted by molar-refractivity contribution is 6.04. The summed E-state index contributed by atoms with van der Waals surface area (Å²) in [5.74, 6) is -0.630. The van der Waals surface area contributed by atoms with Gasteiger partial charge in [-0.05, 0) is 18.9 Å². The third-order valence-electron chi connectivity index (χ3n) is 2.68. The van der Waals surface area contributed by atoms with Crippen molar-refractivity contribution < 1.29 is 9.18 Å². The monoisotopic (exact) mass is 219 g/mol. The van der Waals surface area contributed by atoms with Gasteiger partial charge in [-0.3, -0.25) is 9.89 Å². The molecule has 82 valence electrons. The van der Waals surface area contributed by atoms with Crippen molar-refractivity contribution >= 4 is 16.8 Å². The fraction of sp³-hybridized carbons (Fsp3) is 0.273. The van der Waals surface area contributed by atoms with Crippen LogP contribution in [0.4, 0.5) is 4.39 Å². The number of nitrogens with one attached hydrogen (secondary N) is 2. The lowest BCUT2D eigenvalue weighted by molar-refractivity contribution is 0.0947. The number of amides is 1. The second-order valence-electron chi connectivity index (χ2n) is 3.98. The minimum atomic E-state index is -0.417. The van der Waals surface area contributed by atoms with Crippen molar-refractivity contribution in [2.45, 2.75) is 18.9 Å². The van der Waals surface area contributed by atoms with E-state index in [2.05, 4.69) is 15.5 Å². The van der Waals surface area contributed by atoms with Crippen molar-refractivity contribution in [3.8, 4) is 0 Å². The molecule has 1 saturated carbocycles. The van der Waals surface area contributed by atoms with E-state index in [0.717, 1.165) is 12.8 Å². The first-order chi connectivity index (χ1) is 7.75. The van der Waals surface area contributed by atoms with Gasteiger partial charge < -0.3 is 5.32 Å². The molecule has 0 bridgehead atoms. The third kappa shape index (κ3) is 1.44. The number of hydrogen-bond donors (Lipinski definition) is 2. The van der Waals surface area contributed by atoms with Crippen LogP contribution in [0.2, 0.25) is 0 Å². The quantitative estimate of drug-likeness (QED) is 0.805. The fourth-order valence-corrected chi connectivity index (χ4v) is 1.66. The van der Waals surface area contributed by atoms with Gasteiger partial charge in [0.15, 0.2) is 5.82 Å². The normalized spacial score (nSPS) is 15.3. The van der Waals surface area contributed by atoms with Crippen LogP contribution in [0.5, 0.6) is 0 Å². The lowest BCUT2D eigenvalue weighted by Gasteiger charge is -2.00. The summed E-state index contributed by atoms with van der Waals surface area (Å²) in [7, 11) is 0. The number of aromatic amines is 1. The molecular weight excluding hydrogens is 209 g/mol. The summed E-state index contributed by atoms with van der Waals surface area (Å²) in [6, 6.07) is 4.86. The van der Waals surface area contributed by atoms with Crippen molar-refractivity contribution in [2.24, 2.45) is 0 Å². The molecule has 3 rings (SSSR count). The Morgan fingerprint density at radius 1 is 1.50 bits per heavy atom. The lowest BCUT2D eigenvalue weighted by atomic mass is 10.2. The molecule has 1 amide bonds. The van der Waals surface area contributed by atoms with Crippen LogP contribution in [0, 0.1) is 5.82 Å². The number of aromatic nitrogens is 2. The SMILES string of the molecule is O=C(NC1CC1)c1[nH]nc2c(F)cccc12. The van der Waals surface area contributed by atoms with Crippen LogP contribution in [0.15, 0.2) is 18.2 Å². The molecule has 0 radical (unpaired) electrons. The van der Waals surface area contributed by atoms with Gasteiger partial charge in [0.2, 0.25) is 0 Å². The van der Waals surface area contributed by atoms with Gasteiger partial charge in [0, 0.05) is 11.4 Å². The second-order valence-corrected chi connectivity index (χ2v) is 3.98. The molecule has 1 fully saturated rings. The van der Waals surface area contributed by atoms with Crippen LogP contribution in [-0.2, 0) is 0 Å². The molecule has 0 unspecified atom stereocenters. The molecule has 0 saturated heterocycles. The van der Waals surface area contributed by atoms with Crippen molar-refractivity contribution in [1.82, 2.24) is 15.5 Å². The molecule has 1 aliphatic rings. The Kier molecular flexibility index (Phi) is 1.92. The van der Waals surface area contributed by atoms with E-state index in [4.69, 9.17) is 0 Å². The van der Waals surface area contributed by atoms with E-state index >= 15 is 0 Å². The van der Waals surface area contributed by atoms with Crippen molar-refractivity contribution in [3.05, 3.63) is 29.7 Å². The number of carbonyl (C=O) groups excluding carboxylic acids is 1. The van der Waals surface area contributed by atoms with Gasteiger partial charge >= 0.3 is 0 Å². The van der Waals surface area contributed by atoms with Gasteiger partial charge in [0.25, 0.3) is 5.91 Å². The molecule has 1 aromatic carbocycles. The van der Waals surface area contributed by atoms with Crippen LogP contribution in [-0.4, -0.2) is 22.1 Å². The average molecular weight is 219 g/mol. The van der Waals surface area contributed by atoms with E-state index in [1.807, 2.05) is 0 Å². The van der Waals surface area contributed by atoms with E-state index in [-0.39, 0.29) is 17.5 Å². The number of halogens is 1. The molecule has 2 aromatic rings. The van der Waals surface area contributed by atoms with E-state index in [9.17, 15) is 9.18 Å². The van der Waals surface area contributed by atoms with Crippen LogP contribution in [0.3, 0.4) is 0 Å². The van der Waals surface area contributed by atoms with Crippen LogP contribution in [0.25, 0.3) is 10.9 Å². The predicted octanol–water partition coefficient (Wildman–Crippen LogP) is 1.59. The van der Waals surface area contributed by atoms with Crippen molar-refractivity contribution in [1.29, 1.82) is 0 Å². The second kappa shape index (κ2) is 3.30. The summed E-state index contributed by atoms with van der Waals surface area (Å²) in [5, 5.41) is 9.75. The number of rotatable bonds is 2. The molecule has 16 heavy (non-hydrogen) atoms. The Hall–Kier alpha value is -1.91. The molecule has 1 aliphatic carbocycles. The van der Waals surface area contributed by atoms with Crippen LogP contribution >= 0.6 is 0 Å². The maximum atomic E-state index is 13.3. The van der Waals surface area contributed by atoms with Gasteiger partial charge in [-0.15, -0.1) is 0 Å². The molecule has 0 aliphatic heterocycles. The molecule has 1 aromatic heterocycles. The van der Waals surface area contributed by atoms with Crippen LogP contribution < -0.4 is 5.32 Å². The van der Waals surface area contributed by atoms with E-state index in [1.165, 1.54) is 6.07 Å². The first-order valence-corrected chi connectivity index (χ1v) is 5.19. The Balaban J connectivity index is 2.02. The molecule has 4 nitrogen and oxygen atoms in total. The molecule has 2 N–H and O–H groups in total. The maximum absolute atomic E-state index is 13.3. The van der Waals surface area contributed by atoms with Gasteiger partial charge in [-0.25, -0.2) is 4.39 Å². The average Bonchev–Trinajstić information content (AvgIpc) is 2.96. The number of H-pyrrole nitrogens is 1. The zero-order valence-electron chi connectivity index (χ0n) is 8.46. The predicted molar refractivity (Wildman–Crippen MR) is 56.5 cm³/mol. The summed E-state index contributed by atoms with van der Waals surface area (Å²) < 4.78 is 13.3. The molecule has 5 heteroatoms. The van der Waals surface area contributed by atoms with E-state index in [0.29, 0.717) is 11.1 Å². The number of fused-ring (bicyclic) bond motifs is 1. The Labute approximate surface area is 90.8 Å². The minimum Gasteiger partial charge on any atom is -0.348 e. The van der Waals surface area contributed by atoms with Gasteiger partial charge in [-0.2, -0.15) is 5.10 Å². The van der Waals surface area contributed by atoms with E-state index < -0.39 is 5.82 Å². The summed E-state index contributed by atoms with van der Waals surface area (Å²) in [4.78, 5) is 11.8. The zero-order chi connectivity index (χ0) is 11.1. The Morgan fingerprint density at radius 3 is 3.06 bits per heavy atom. The summed E-state index contributed by atoms with van der Waals surface area (Å²) in [5.41, 5.74) is 0.546. The largest absolute Gasteiger partial charge is 0.348 e. The third-order valence-corrected chi connectivity index (χ3v) is 2.68. The first kappa shape index (κ1) is 9.33. The van der Waals surface area contributed by atoms with Gasteiger partial charge in [-0.1, -0.05) is 12.1 Å². The topological polar surface area (TPSA) is 57.8 Å². The smallest absolute Gasteiger partial charge is 0.270 e. The van der Waals surface area contributed by atoms with Crippen molar-refractivity contribution in [2.75, 3.05) is 0 Å². The summed E-state index contributed by atoms with van der Waals surface area (Å²) in [6.45, 7) is 0. The highest BCUT2D eigenvalue weighted by Crippen LogP contribution is 2.22. The maximum Gasteiger partial charge on any atom is 0.270 e. The van der Waals surface area contributed by atoms with E-state index in [1.54, 1.807) is 12.1 Å².